The first-order valence-electron chi connectivity index (χ1n) is 11.9. The highest BCUT2D eigenvalue weighted by molar-refractivity contribution is 6.33. The first-order chi connectivity index (χ1) is 17.5. The molecule has 1 aliphatic heterocycles. The Morgan fingerprint density at radius 2 is 2.00 bits per heavy atom. The summed E-state index contributed by atoms with van der Waals surface area (Å²) in [5, 5.41) is 8.06. The molecule has 10 heteroatoms. The number of methoxy groups -OCH3 is 1. The van der Waals surface area contributed by atoms with Gasteiger partial charge in [0.2, 0.25) is 5.95 Å². The Labute approximate surface area is 215 Å². The number of piperazine rings is 1. The Hall–Kier alpha value is -3.53. The van der Waals surface area contributed by atoms with Gasteiger partial charge in [0.15, 0.2) is 0 Å². The minimum absolute atomic E-state index is 0.392. The van der Waals surface area contributed by atoms with Crippen LogP contribution in [0, 0.1) is 0 Å². The topological polar surface area (TPSA) is 102 Å². The van der Waals surface area contributed by atoms with Crippen LogP contribution in [0.2, 0.25) is 5.02 Å². The maximum absolute atomic E-state index is 6.56. The minimum atomic E-state index is 0.392. The van der Waals surface area contributed by atoms with Gasteiger partial charge in [0.25, 0.3) is 0 Å². The fourth-order valence-electron chi connectivity index (χ4n) is 4.43. The average Bonchev–Trinajstić information content (AvgIpc) is 3.21. The number of ether oxygens (including phenoxy) is 2. The van der Waals surface area contributed by atoms with Crippen molar-refractivity contribution in [2.24, 2.45) is 7.05 Å². The third kappa shape index (κ3) is 5.18. The van der Waals surface area contributed by atoms with Gasteiger partial charge < -0.3 is 30.4 Å². The summed E-state index contributed by atoms with van der Waals surface area (Å²) >= 11 is 6.56. The number of aryl methyl sites for hydroxylation is 1. The van der Waals surface area contributed by atoms with Gasteiger partial charge in [0.1, 0.15) is 18.1 Å². The molecule has 0 radical (unpaired) electrons. The lowest BCUT2D eigenvalue weighted by atomic mass is 10.1. The molecule has 36 heavy (non-hydrogen) atoms. The van der Waals surface area contributed by atoms with Crippen molar-refractivity contribution in [3.63, 3.8) is 0 Å². The van der Waals surface area contributed by atoms with Crippen LogP contribution in [0.25, 0.3) is 22.2 Å². The van der Waals surface area contributed by atoms with Crippen molar-refractivity contribution in [1.82, 2.24) is 24.8 Å². The van der Waals surface area contributed by atoms with Gasteiger partial charge in [-0.1, -0.05) is 11.6 Å². The zero-order chi connectivity index (χ0) is 25.1. The number of benzene rings is 2. The largest absolute Gasteiger partial charge is 0.495 e. The fourth-order valence-corrected chi connectivity index (χ4v) is 4.62. The molecule has 1 aliphatic rings. The number of anilines is 3. The van der Waals surface area contributed by atoms with Crippen LogP contribution in [0.15, 0.2) is 48.8 Å². The summed E-state index contributed by atoms with van der Waals surface area (Å²) in [4.78, 5) is 11.5. The second-order valence-electron chi connectivity index (χ2n) is 8.75. The Morgan fingerprint density at radius 3 is 2.81 bits per heavy atom. The van der Waals surface area contributed by atoms with Crippen LogP contribution >= 0.6 is 11.6 Å². The van der Waals surface area contributed by atoms with Crippen molar-refractivity contribution < 1.29 is 9.47 Å². The highest BCUT2D eigenvalue weighted by Gasteiger charge is 2.16. The fraction of sp³-hybridized carbons (Fsp3) is 0.308. The lowest BCUT2D eigenvalue weighted by Crippen LogP contribution is -2.44. The van der Waals surface area contributed by atoms with Crippen molar-refractivity contribution in [2.45, 2.75) is 0 Å². The molecule has 1 saturated heterocycles. The molecule has 0 bridgehead atoms. The van der Waals surface area contributed by atoms with E-state index in [4.69, 9.17) is 31.8 Å². The Morgan fingerprint density at radius 1 is 1.17 bits per heavy atom. The van der Waals surface area contributed by atoms with E-state index >= 15 is 0 Å². The molecule has 4 N–H and O–H groups in total. The number of halogens is 1. The van der Waals surface area contributed by atoms with Gasteiger partial charge in [0.05, 0.1) is 35.2 Å². The smallest absolute Gasteiger partial charge is 0.227 e. The first-order valence-corrected chi connectivity index (χ1v) is 12.3. The van der Waals surface area contributed by atoms with Crippen LogP contribution in [0.5, 0.6) is 11.5 Å². The molecule has 0 unspecified atom stereocenters. The Bertz CT molecular complexity index is 1370. The molecule has 5 rings (SSSR count). The van der Waals surface area contributed by atoms with E-state index < -0.39 is 0 Å². The molecule has 0 spiro atoms. The maximum Gasteiger partial charge on any atom is 0.227 e. The minimum Gasteiger partial charge on any atom is -0.495 e. The second kappa shape index (κ2) is 10.6. The van der Waals surface area contributed by atoms with E-state index in [1.54, 1.807) is 31.5 Å². The van der Waals surface area contributed by atoms with E-state index in [1.165, 1.54) is 0 Å². The molecule has 1 fully saturated rings. The molecule has 3 heterocycles. The Balaban J connectivity index is 1.38. The standard InChI is InChI=1S/C26H30ClN7O2/c1-33-16-20(19-5-4-18(14-23(19)33)36-12-11-34-9-7-29-8-10-34)25-21(27)15-30-26(32-25)31-22-13-17(28)3-6-24(22)35-2/h3-6,13-16,29H,7-12,28H2,1-2H3,(H,30,31,32). The van der Waals surface area contributed by atoms with Gasteiger partial charge in [-0.05, 0) is 30.3 Å². The molecule has 0 aliphatic carbocycles. The van der Waals surface area contributed by atoms with Crippen LogP contribution in [0.1, 0.15) is 0 Å². The van der Waals surface area contributed by atoms with Gasteiger partial charge >= 0.3 is 0 Å². The van der Waals surface area contributed by atoms with E-state index in [9.17, 15) is 0 Å². The quantitative estimate of drug-likeness (QED) is 0.308. The van der Waals surface area contributed by atoms with E-state index in [0.717, 1.165) is 54.9 Å². The third-order valence-corrected chi connectivity index (χ3v) is 6.59. The number of hydrogen-bond donors (Lipinski definition) is 3. The van der Waals surface area contributed by atoms with E-state index in [1.807, 2.05) is 19.3 Å². The molecule has 2 aromatic carbocycles. The number of nitrogens with zero attached hydrogens (tertiary/aromatic N) is 4. The summed E-state index contributed by atoms with van der Waals surface area (Å²) in [6, 6.07) is 11.5. The highest BCUT2D eigenvalue weighted by atomic mass is 35.5. The first kappa shape index (κ1) is 24.2. The molecule has 9 nitrogen and oxygen atoms in total. The lowest BCUT2D eigenvalue weighted by molar-refractivity contribution is 0.191. The number of rotatable bonds is 8. The van der Waals surface area contributed by atoms with Crippen molar-refractivity contribution in [2.75, 3.05) is 57.5 Å². The van der Waals surface area contributed by atoms with Crippen LogP contribution in [-0.4, -0.2) is 65.9 Å². The molecular weight excluding hydrogens is 478 g/mol. The zero-order valence-electron chi connectivity index (χ0n) is 20.4. The van der Waals surface area contributed by atoms with E-state index in [2.05, 4.69) is 37.2 Å². The van der Waals surface area contributed by atoms with Gasteiger partial charge in [-0.25, -0.2) is 9.97 Å². The molecule has 0 amide bonds. The van der Waals surface area contributed by atoms with Crippen molar-refractivity contribution in [1.29, 1.82) is 0 Å². The van der Waals surface area contributed by atoms with Crippen LogP contribution in [-0.2, 0) is 7.05 Å². The van der Waals surface area contributed by atoms with Crippen molar-refractivity contribution in [3.8, 4) is 22.8 Å². The number of nitrogens with two attached hydrogens (primary N) is 1. The number of hydrogen-bond acceptors (Lipinski definition) is 8. The van der Waals surface area contributed by atoms with E-state index in [0.29, 0.717) is 40.4 Å². The molecule has 0 atom stereocenters. The van der Waals surface area contributed by atoms with Crippen LogP contribution in [0.3, 0.4) is 0 Å². The predicted molar refractivity (Wildman–Crippen MR) is 144 cm³/mol. The van der Waals surface area contributed by atoms with Gasteiger partial charge in [-0.3, -0.25) is 4.90 Å². The monoisotopic (exact) mass is 507 g/mol. The lowest BCUT2D eigenvalue weighted by Gasteiger charge is -2.26. The van der Waals surface area contributed by atoms with Crippen molar-refractivity contribution >= 4 is 39.8 Å². The average molecular weight is 508 g/mol. The molecule has 2 aromatic heterocycles. The molecular formula is C26H30ClN7O2. The summed E-state index contributed by atoms with van der Waals surface area (Å²) < 4.78 is 13.5. The number of aromatic nitrogens is 3. The molecule has 4 aromatic rings. The summed E-state index contributed by atoms with van der Waals surface area (Å²) in [6.07, 6.45) is 3.62. The van der Waals surface area contributed by atoms with Gasteiger partial charge in [0, 0.05) is 68.7 Å². The predicted octanol–water partition coefficient (Wildman–Crippen LogP) is 3.91. The number of nitrogen functional groups attached to an aromatic ring is 1. The zero-order valence-corrected chi connectivity index (χ0v) is 21.2. The summed E-state index contributed by atoms with van der Waals surface area (Å²) in [7, 11) is 3.60. The van der Waals surface area contributed by atoms with Crippen molar-refractivity contribution in [3.05, 3.63) is 53.8 Å². The van der Waals surface area contributed by atoms with Crippen LogP contribution < -0.4 is 25.8 Å². The molecule has 0 saturated carbocycles. The SMILES string of the molecule is COc1ccc(N)cc1Nc1ncc(Cl)c(-c2cn(C)c3cc(OCCN4CCNCC4)ccc23)n1. The third-order valence-electron chi connectivity index (χ3n) is 6.32. The van der Waals surface area contributed by atoms with E-state index in [-0.39, 0.29) is 0 Å². The van der Waals surface area contributed by atoms with Gasteiger partial charge in [-0.2, -0.15) is 0 Å². The Kier molecular flexibility index (Phi) is 7.13. The van der Waals surface area contributed by atoms with Crippen LogP contribution in [0.4, 0.5) is 17.3 Å². The number of nitrogens with one attached hydrogen (secondary N) is 2. The highest BCUT2D eigenvalue weighted by Crippen LogP contribution is 2.36. The maximum atomic E-state index is 6.56. The molecule has 188 valence electrons. The normalized spacial score (nSPS) is 14.2. The van der Waals surface area contributed by atoms with Gasteiger partial charge in [-0.15, -0.1) is 0 Å². The summed E-state index contributed by atoms with van der Waals surface area (Å²) in [5.74, 6) is 1.87. The summed E-state index contributed by atoms with van der Waals surface area (Å²) in [5.41, 5.74) is 9.81. The summed E-state index contributed by atoms with van der Waals surface area (Å²) in [6.45, 7) is 5.77. The second-order valence-corrected chi connectivity index (χ2v) is 9.15. The number of fused-ring (bicyclic) bond motifs is 1.